The van der Waals surface area contributed by atoms with Crippen LogP contribution in [0.1, 0.15) is 56.9 Å². The first kappa shape index (κ1) is 26.0. The molecule has 1 aromatic carbocycles. The molecule has 2 aromatic rings. The van der Waals surface area contributed by atoms with Crippen LogP contribution in [0.25, 0.3) is 0 Å². The van der Waals surface area contributed by atoms with Gasteiger partial charge < -0.3 is 15.4 Å². The van der Waals surface area contributed by atoms with Gasteiger partial charge in [-0.2, -0.15) is 15.0 Å². The van der Waals surface area contributed by atoms with E-state index in [9.17, 15) is 9.18 Å². The number of benzene rings is 1. The number of nitrogens with two attached hydrogens (primary N) is 1. The van der Waals surface area contributed by atoms with Crippen molar-refractivity contribution in [2.24, 2.45) is 5.84 Å². The molecule has 0 radical (unpaired) electrons. The smallest absolute Gasteiger partial charge is 0.319 e. The molecule has 4 N–H and O–H groups in total. The number of rotatable bonds is 8. The molecule has 4 rings (SSSR count). The van der Waals surface area contributed by atoms with Crippen molar-refractivity contribution in [1.29, 1.82) is 0 Å². The van der Waals surface area contributed by atoms with Crippen LogP contribution in [0, 0.1) is 12.7 Å². The SMILES string of the molecule is COC(=O)CN1CCC(Nc2nc(NC3CCCCCC3)nc(N(N)c3ccc(C)c(F)c3)n2)CC1. The Labute approximate surface area is 211 Å². The number of aryl methyl sites for hydroxylation is 1. The zero-order chi connectivity index (χ0) is 25.5. The molecule has 0 unspecified atom stereocenters. The van der Waals surface area contributed by atoms with Crippen LogP contribution < -0.4 is 21.5 Å². The lowest BCUT2D eigenvalue weighted by molar-refractivity contribution is -0.142. The van der Waals surface area contributed by atoms with Gasteiger partial charge in [-0.3, -0.25) is 9.69 Å². The van der Waals surface area contributed by atoms with E-state index < -0.39 is 0 Å². The number of anilines is 4. The van der Waals surface area contributed by atoms with Crippen LogP contribution in [-0.4, -0.2) is 64.6 Å². The van der Waals surface area contributed by atoms with Crippen LogP contribution >= 0.6 is 0 Å². The molecule has 1 saturated carbocycles. The minimum absolute atomic E-state index is 0.142. The summed E-state index contributed by atoms with van der Waals surface area (Å²) in [7, 11) is 1.40. The number of ether oxygens (including phenoxy) is 1. The van der Waals surface area contributed by atoms with Crippen molar-refractivity contribution in [2.45, 2.75) is 70.4 Å². The number of carbonyl (C=O) groups excluding carboxylic acids is 1. The molecule has 1 aliphatic carbocycles. The van der Waals surface area contributed by atoms with Gasteiger partial charge in [0.15, 0.2) is 0 Å². The highest BCUT2D eigenvalue weighted by Gasteiger charge is 2.23. The van der Waals surface area contributed by atoms with E-state index in [0.29, 0.717) is 35.7 Å². The van der Waals surface area contributed by atoms with Gasteiger partial charge in [-0.05, 0) is 50.3 Å². The second-order valence-electron chi connectivity index (χ2n) is 9.69. The predicted molar refractivity (Wildman–Crippen MR) is 138 cm³/mol. The molecule has 196 valence electrons. The number of esters is 1. The van der Waals surface area contributed by atoms with E-state index in [0.717, 1.165) is 38.8 Å². The fourth-order valence-electron chi connectivity index (χ4n) is 4.72. The number of halogens is 1. The fraction of sp³-hybridized carbons (Fsp3) is 0.600. The predicted octanol–water partition coefficient (Wildman–Crippen LogP) is 3.51. The van der Waals surface area contributed by atoms with Crippen LogP contribution in [0.4, 0.5) is 27.9 Å². The summed E-state index contributed by atoms with van der Waals surface area (Å²) in [5.41, 5.74) is 0.992. The van der Waals surface area contributed by atoms with Gasteiger partial charge in [0, 0.05) is 25.2 Å². The van der Waals surface area contributed by atoms with E-state index in [4.69, 9.17) is 10.6 Å². The number of piperidine rings is 1. The number of nitrogens with one attached hydrogen (secondary N) is 2. The summed E-state index contributed by atoms with van der Waals surface area (Å²) >= 11 is 0. The average Bonchev–Trinajstić information content (AvgIpc) is 3.15. The maximum atomic E-state index is 14.2. The Morgan fingerprint density at radius 2 is 1.67 bits per heavy atom. The lowest BCUT2D eigenvalue weighted by Crippen LogP contribution is -2.42. The lowest BCUT2D eigenvalue weighted by Gasteiger charge is -2.31. The van der Waals surface area contributed by atoms with Crippen LogP contribution in [0.3, 0.4) is 0 Å². The Kier molecular flexibility index (Phi) is 8.87. The van der Waals surface area contributed by atoms with Crippen molar-refractivity contribution in [1.82, 2.24) is 19.9 Å². The van der Waals surface area contributed by atoms with Crippen LogP contribution in [0.5, 0.6) is 0 Å². The Morgan fingerprint density at radius 3 is 2.25 bits per heavy atom. The van der Waals surface area contributed by atoms with Gasteiger partial charge in [0.25, 0.3) is 5.95 Å². The Bertz CT molecular complexity index is 1020. The Balaban J connectivity index is 1.51. The molecular weight excluding hydrogens is 463 g/mol. The molecule has 0 bridgehead atoms. The summed E-state index contributed by atoms with van der Waals surface area (Å²) in [5, 5.41) is 8.19. The van der Waals surface area contributed by atoms with Crippen molar-refractivity contribution < 1.29 is 13.9 Å². The van der Waals surface area contributed by atoms with E-state index in [1.165, 1.54) is 43.9 Å². The number of likely N-dealkylation sites (tertiary alicyclic amines) is 1. The molecule has 2 fully saturated rings. The molecule has 0 spiro atoms. The average molecular weight is 501 g/mol. The summed E-state index contributed by atoms with van der Waals surface area (Å²) in [6, 6.07) is 5.23. The van der Waals surface area contributed by atoms with Gasteiger partial charge in [-0.15, -0.1) is 0 Å². The number of hydrazine groups is 1. The number of carbonyl (C=O) groups is 1. The van der Waals surface area contributed by atoms with Crippen LogP contribution in [-0.2, 0) is 9.53 Å². The minimum atomic E-state index is -0.342. The maximum absolute atomic E-state index is 14.2. The second-order valence-corrected chi connectivity index (χ2v) is 9.69. The molecule has 11 heteroatoms. The monoisotopic (exact) mass is 500 g/mol. The maximum Gasteiger partial charge on any atom is 0.319 e. The van der Waals surface area contributed by atoms with Gasteiger partial charge in [-0.1, -0.05) is 31.7 Å². The first-order valence-electron chi connectivity index (χ1n) is 12.8. The number of nitrogens with zero attached hydrogens (tertiary/aromatic N) is 5. The first-order valence-corrected chi connectivity index (χ1v) is 12.8. The third kappa shape index (κ3) is 7.01. The summed E-state index contributed by atoms with van der Waals surface area (Å²) in [6.07, 6.45) is 8.65. The van der Waals surface area contributed by atoms with Crippen LogP contribution in [0.15, 0.2) is 18.2 Å². The zero-order valence-electron chi connectivity index (χ0n) is 21.2. The molecule has 10 nitrogen and oxygen atoms in total. The van der Waals surface area contributed by atoms with Gasteiger partial charge >= 0.3 is 5.97 Å². The van der Waals surface area contributed by atoms with E-state index >= 15 is 0 Å². The third-order valence-electron chi connectivity index (χ3n) is 6.96. The van der Waals surface area contributed by atoms with E-state index in [1.807, 2.05) is 0 Å². The molecule has 36 heavy (non-hydrogen) atoms. The molecule has 2 aliphatic rings. The van der Waals surface area contributed by atoms with Gasteiger partial charge in [0.05, 0.1) is 19.3 Å². The summed E-state index contributed by atoms with van der Waals surface area (Å²) in [6.45, 7) is 3.53. The molecule has 1 aliphatic heterocycles. The van der Waals surface area contributed by atoms with Crippen molar-refractivity contribution in [3.8, 4) is 0 Å². The van der Waals surface area contributed by atoms with Gasteiger partial charge in [-0.25, -0.2) is 15.2 Å². The minimum Gasteiger partial charge on any atom is -0.468 e. The summed E-state index contributed by atoms with van der Waals surface area (Å²) < 4.78 is 19.0. The fourth-order valence-corrected chi connectivity index (χ4v) is 4.72. The Hall–Kier alpha value is -3.05. The topological polar surface area (TPSA) is 122 Å². The zero-order valence-corrected chi connectivity index (χ0v) is 21.2. The van der Waals surface area contributed by atoms with E-state index in [-0.39, 0.29) is 23.8 Å². The summed E-state index contributed by atoms with van der Waals surface area (Å²) in [4.78, 5) is 27.5. The van der Waals surface area contributed by atoms with Crippen molar-refractivity contribution in [3.05, 3.63) is 29.6 Å². The molecule has 2 heterocycles. The molecule has 1 aromatic heterocycles. The quantitative estimate of drug-likeness (QED) is 0.215. The highest BCUT2D eigenvalue weighted by molar-refractivity contribution is 5.71. The molecule has 0 amide bonds. The number of hydrogen-bond acceptors (Lipinski definition) is 10. The molecular formula is C25H37FN8O2. The molecule has 0 atom stereocenters. The second kappa shape index (κ2) is 12.3. The van der Waals surface area contributed by atoms with E-state index in [1.54, 1.807) is 19.1 Å². The highest BCUT2D eigenvalue weighted by atomic mass is 19.1. The summed E-state index contributed by atoms with van der Waals surface area (Å²) in [5.74, 6) is 6.89. The van der Waals surface area contributed by atoms with Gasteiger partial charge in [0.2, 0.25) is 11.9 Å². The van der Waals surface area contributed by atoms with Crippen LogP contribution in [0.2, 0.25) is 0 Å². The lowest BCUT2D eigenvalue weighted by atomic mass is 10.1. The largest absolute Gasteiger partial charge is 0.468 e. The normalized spacial score (nSPS) is 17.9. The van der Waals surface area contributed by atoms with Crippen molar-refractivity contribution in [3.63, 3.8) is 0 Å². The third-order valence-corrected chi connectivity index (χ3v) is 6.96. The standard InChI is InChI=1S/C25H37FN8O2/c1-17-9-10-20(15-21(17)26)34(27)25-31-23(28-18-7-5-3-4-6-8-18)30-24(32-25)29-19-11-13-33(14-12-19)16-22(35)36-2/h9-10,15,18-19H,3-8,11-14,16,27H2,1-2H3,(H2,28,29,30,31,32). The van der Waals surface area contributed by atoms with Crippen molar-refractivity contribution in [2.75, 3.05) is 42.4 Å². The number of aromatic nitrogens is 3. The first-order chi connectivity index (χ1) is 17.4. The van der Waals surface area contributed by atoms with E-state index in [2.05, 4.69) is 30.5 Å². The number of hydrogen-bond donors (Lipinski definition) is 3. The van der Waals surface area contributed by atoms with Gasteiger partial charge in [0.1, 0.15) is 5.82 Å². The number of methoxy groups -OCH3 is 1. The Morgan fingerprint density at radius 1 is 1.06 bits per heavy atom. The molecule has 1 saturated heterocycles. The highest BCUT2D eigenvalue weighted by Crippen LogP contribution is 2.25. The van der Waals surface area contributed by atoms with Crippen molar-refractivity contribution >= 4 is 29.5 Å².